The van der Waals surface area contributed by atoms with Gasteiger partial charge in [-0.1, -0.05) is 88.8 Å². The molecule has 1 saturated carbocycles. The molecular weight excluding hydrogens is 362 g/mol. The molecule has 1 aliphatic rings. The summed E-state index contributed by atoms with van der Waals surface area (Å²) in [5, 5.41) is 9.37. The quantitative estimate of drug-likeness (QED) is 0.445. The number of hydrogen-bond acceptors (Lipinski definition) is 1. The summed E-state index contributed by atoms with van der Waals surface area (Å²) in [6.45, 7) is 4.40. The van der Waals surface area contributed by atoms with Crippen LogP contribution in [0.4, 0.5) is 0 Å². The second kappa shape index (κ2) is 11.6. The Morgan fingerprint density at radius 1 is 0.800 bits per heavy atom. The van der Waals surface area contributed by atoms with Gasteiger partial charge in [0.05, 0.1) is 5.56 Å². The predicted octanol–water partition coefficient (Wildman–Crippen LogP) is 7.45. The van der Waals surface area contributed by atoms with E-state index in [4.69, 9.17) is 0 Å². The van der Waals surface area contributed by atoms with E-state index in [-0.39, 0.29) is 0 Å². The molecule has 30 heavy (non-hydrogen) atoms. The highest BCUT2D eigenvalue weighted by Crippen LogP contribution is 2.34. The van der Waals surface area contributed by atoms with Gasteiger partial charge in [-0.25, -0.2) is 0 Å². The van der Waals surface area contributed by atoms with Gasteiger partial charge in [-0.15, -0.1) is 0 Å². The van der Waals surface area contributed by atoms with Crippen molar-refractivity contribution in [1.82, 2.24) is 0 Å². The zero-order chi connectivity index (χ0) is 21.2. The third-order valence-corrected chi connectivity index (χ3v) is 6.68. The van der Waals surface area contributed by atoms with Crippen LogP contribution in [0.25, 0.3) is 0 Å². The molecule has 0 aromatic heterocycles. The van der Waals surface area contributed by atoms with E-state index >= 15 is 0 Å². The van der Waals surface area contributed by atoms with Crippen LogP contribution in [-0.4, -0.2) is 0 Å². The van der Waals surface area contributed by atoms with Gasteiger partial charge in [-0.3, -0.25) is 0 Å². The zero-order valence-electron chi connectivity index (χ0n) is 18.7. The van der Waals surface area contributed by atoms with Crippen molar-refractivity contribution in [1.29, 1.82) is 5.26 Å². The molecule has 0 amide bonds. The highest BCUT2D eigenvalue weighted by atomic mass is 14.3. The monoisotopic (exact) mass is 397 g/mol. The van der Waals surface area contributed by atoms with E-state index in [1.807, 2.05) is 12.1 Å². The zero-order valence-corrected chi connectivity index (χ0v) is 18.7. The number of nitriles is 1. The summed E-state index contributed by atoms with van der Waals surface area (Å²) in [4.78, 5) is 0. The fourth-order valence-electron chi connectivity index (χ4n) is 4.58. The number of rotatable bonds is 7. The molecule has 1 heteroatoms. The Morgan fingerprint density at radius 2 is 1.47 bits per heavy atom. The van der Waals surface area contributed by atoms with Gasteiger partial charge in [0.15, 0.2) is 0 Å². The summed E-state index contributed by atoms with van der Waals surface area (Å²) in [7, 11) is 0. The SMILES string of the molecule is CCCCC1CCC(CCc2ccc(C#Cc3ccc(CC)cc3C#N)cc2)CC1. The van der Waals surface area contributed by atoms with Crippen molar-refractivity contribution in [3.8, 4) is 17.9 Å². The molecule has 0 aliphatic heterocycles. The maximum absolute atomic E-state index is 9.37. The summed E-state index contributed by atoms with van der Waals surface area (Å²) < 4.78 is 0. The molecule has 0 saturated heterocycles. The first-order valence-electron chi connectivity index (χ1n) is 11.9. The minimum Gasteiger partial charge on any atom is -0.192 e. The Hall–Kier alpha value is -2.51. The van der Waals surface area contributed by atoms with Crippen molar-refractivity contribution in [3.05, 3.63) is 70.3 Å². The third kappa shape index (κ3) is 6.50. The largest absolute Gasteiger partial charge is 0.192 e. The third-order valence-electron chi connectivity index (χ3n) is 6.68. The topological polar surface area (TPSA) is 23.8 Å². The Morgan fingerprint density at radius 3 is 2.10 bits per heavy atom. The molecule has 1 fully saturated rings. The number of benzene rings is 2. The molecule has 0 unspecified atom stereocenters. The first kappa shape index (κ1) is 22.2. The lowest BCUT2D eigenvalue weighted by molar-refractivity contribution is 0.250. The van der Waals surface area contributed by atoms with Crippen molar-refractivity contribution in [2.24, 2.45) is 11.8 Å². The van der Waals surface area contributed by atoms with Crippen molar-refractivity contribution in [2.75, 3.05) is 0 Å². The van der Waals surface area contributed by atoms with E-state index in [0.717, 1.165) is 29.4 Å². The van der Waals surface area contributed by atoms with Crippen LogP contribution in [0.1, 0.15) is 93.0 Å². The normalized spacial score (nSPS) is 18.3. The molecule has 0 spiro atoms. The highest BCUT2D eigenvalue weighted by molar-refractivity contribution is 5.52. The standard InChI is InChI=1S/C29H35N/c1-3-5-6-24-7-9-25(10-8-24)11-12-26-13-15-27(16-14-26)18-20-28-19-17-23(4-2)21-29(28)22-30/h13-17,19,21,24-25H,3-12H2,1-2H3. The predicted molar refractivity (Wildman–Crippen MR) is 126 cm³/mol. The smallest absolute Gasteiger partial charge is 0.100 e. The Labute approximate surface area is 183 Å². The van der Waals surface area contributed by atoms with Crippen molar-refractivity contribution < 1.29 is 0 Å². The maximum Gasteiger partial charge on any atom is 0.100 e. The molecule has 2 aromatic rings. The minimum atomic E-state index is 0.669. The second-order valence-electron chi connectivity index (χ2n) is 8.86. The van der Waals surface area contributed by atoms with Crippen LogP contribution in [0.3, 0.4) is 0 Å². The van der Waals surface area contributed by atoms with Crippen LogP contribution >= 0.6 is 0 Å². The van der Waals surface area contributed by atoms with Gasteiger partial charge in [0.1, 0.15) is 6.07 Å². The van der Waals surface area contributed by atoms with E-state index < -0.39 is 0 Å². The van der Waals surface area contributed by atoms with Crippen molar-refractivity contribution >= 4 is 0 Å². The fraction of sp³-hybridized carbons (Fsp3) is 0.483. The van der Waals surface area contributed by atoms with Gasteiger partial charge in [0.25, 0.3) is 0 Å². The molecule has 156 valence electrons. The van der Waals surface area contributed by atoms with Gasteiger partial charge in [0.2, 0.25) is 0 Å². The van der Waals surface area contributed by atoms with Gasteiger partial charge in [0, 0.05) is 11.1 Å². The molecule has 0 heterocycles. The summed E-state index contributed by atoms with van der Waals surface area (Å²) >= 11 is 0. The second-order valence-corrected chi connectivity index (χ2v) is 8.86. The van der Waals surface area contributed by atoms with Gasteiger partial charge < -0.3 is 0 Å². The maximum atomic E-state index is 9.37. The number of nitrogens with zero attached hydrogens (tertiary/aromatic N) is 1. The fourth-order valence-corrected chi connectivity index (χ4v) is 4.58. The Balaban J connectivity index is 1.51. The molecule has 0 N–H and O–H groups in total. The van der Waals surface area contributed by atoms with Crippen LogP contribution in [0.2, 0.25) is 0 Å². The summed E-state index contributed by atoms with van der Waals surface area (Å²) in [6.07, 6.45) is 13.4. The lowest BCUT2D eigenvalue weighted by Crippen LogP contribution is -2.15. The first-order chi connectivity index (χ1) is 14.7. The molecule has 0 atom stereocenters. The summed E-state index contributed by atoms with van der Waals surface area (Å²) in [5.41, 5.74) is 5.09. The van der Waals surface area contributed by atoms with Crippen LogP contribution in [0.5, 0.6) is 0 Å². The average molecular weight is 398 g/mol. The number of aryl methyl sites for hydroxylation is 2. The summed E-state index contributed by atoms with van der Waals surface area (Å²) in [5.74, 6) is 8.32. The molecule has 2 aromatic carbocycles. The van der Waals surface area contributed by atoms with Crippen LogP contribution in [0, 0.1) is 35.0 Å². The average Bonchev–Trinajstić information content (AvgIpc) is 2.81. The van der Waals surface area contributed by atoms with E-state index in [1.165, 1.54) is 68.9 Å². The molecule has 1 nitrogen and oxygen atoms in total. The molecule has 0 radical (unpaired) electrons. The highest BCUT2D eigenvalue weighted by Gasteiger charge is 2.20. The van der Waals surface area contributed by atoms with E-state index in [1.54, 1.807) is 0 Å². The van der Waals surface area contributed by atoms with Crippen LogP contribution in [0.15, 0.2) is 42.5 Å². The number of unbranched alkanes of at least 4 members (excludes halogenated alkanes) is 1. The minimum absolute atomic E-state index is 0.669. The molecular formula is C29H35N. The first-order valence-corrected chi connectivity index (χ1v) is 11.9. The molecule has 3 rings (SSSR count). The van der Waals surface area contributed by atoms with Crippen LogP contribution in [-0.2, 0) is 12.8 Å². The molecule has 0 bridgehead atoms. The van der Waals surface area contributed by atoms with E-state index in [9.17, 15) is 5.26 Å². The van der Waals surface area contributed by atoms with E-state index in [2.05, 4.69) is 62.1 Å². The Kier molecular flexibility index (Phi) is 8.59. The van der Waals surface area contributed by atoms with Gasteiger partial charge >= 0.3 is 0 Å². The van der Waals surface area contributed by atoms with Crippen LogP contribution < -0.4 is 0 Å². The van der Waals surface area contributed by atoms with Crippen molar-refractivity contribution in [2.45, 2.75) is 78.1 Å². The van der Waals surface area contributed by atoms with Gasteiger partial charge in [-0.2, -0.15) is 5.26 Å². The lowest BCUT2D eigenvalue weighted by Gasteiger charge is -2.28. The van der Waals surface area contributed by atoms with Gasteiger partial charge in [-0.05, 0) is 66.5 Å². The van der Waals surface area contributed by atoms with E-state index in [0.29, 0.717) is 5.56 Å². The Bertz CT molecular complexity index is 896. The lowest BCUT2D eigenvalue weighted by atomic mass is 9.78. The number of hydrogen-bond donors (Lipinski definition) is 0. The summed E-state index contributed by atoms with van der Waals surface area (Å²) in [6, 6.07) is 16.9. The molecule has 1 aliphatic carbocycles. The van der Waals surface area contributed by atoms with Crippen molar-refractivity contribution in [3.63, 3.8) is 0 Å².